The summed E-state index contributed by atoms with van der Waals surface area (Å²) in [6.45, 7) is 2.40. The van der Waals surface area contributed by atoms with Crippen LogP contribution in [0.3, 0.4) is 0 Å². The van der Waals surface area contributed by atoms with E-state index in [1.165, 1.54) is 0 Å². The monoisotopic (exact) mass is 352 g/mol. The van der Waals surface area contributed by atoms with Crippen molar-refractivity contribution in [2.24, 2.45) is 11.7 Å². The molecule has 2 atom stereocenters. The zero-order valence-electron chi connectivity index (χ0n) is 13.0. The number of halogens is 2. The van der Waals surface area contributed by atoms with Crippen LogP contribution in [0.2, 0.25) is 5.02 Å². The summed E-state index contributed by atoms with van der Waals surface area (Å²) in [6, 6.07) is 17.0. The van der Waals surface area contributed by atoms with Gasteiger partial charge in [-0.1, -0.05) is 67.1 Å². The number of hydrogen-bond donors (Lipinski definition) is 2. The Morgan fingerprint density at radius 3 is 2.39 bits per heavy atom. The van der Waals surface area contributed by atoms with Gasteiger partial charge >= 0.3 is 0 Å². The minimum atomic E-state index is -0.304. The summed E-state index contributed by atoms with van der Waals surface area (Å²) in [5, 5.41) is 3.66. The molecule has 0 saturated heterocycles. The van der Waals surface area contributed by atoms with Crippen LogP contribution in [0.15, 0.2) is 54.6 Å². The molecule has 2 unspecified atom stereocenters. The van der Waals surface area contributed by atoms with Gasteiger partial charge in [-0.05, 0) is 23.6 Å². The van der Waals surface area contributed by atoms with Crippen LogP contribution in [0, 0.1) is 5.92 Å². The molecular formula is C18H22Cl2N2O. The molecule has 0 heterocycles. The number of carbonyl (C=O) groups is 1. The van der Waals surface area contributed by atoms with E-state index < -0.39 is 0 Å². The molecule has 0 radical (unpaired) electrons. The van der Waals surface area contributed by atoms with Crippen molar-refractivity contribution < 1.29 is 4.79 Å². The van der Waals surface area contributed by atoms with Gasteiger partial charge in [-0.25, -0.2) is 0 Å². The van der Waals surface area contributed by atoms with Crippen molar-refractivity contribution in [2.45, 2.75) is 19.4 Å². The summed E-state index contributed by atoms with van der Waals surface area (Å²) < 4.78 is 0. The zero-order chi connectivity index (χ0) is 15.9. The second-order valence-electron chi connectivity index (χ2n) is 5.36. The molecule has 0 aromatic heterocycles. The fourth-order valence-corrected chi connectivity index (χ4v) is 2.54. The van der Waals surface area contributed by atoms with E-state index in [2.05, 4.69) is 5.32 Å². The number of hydrogen-bond acceptors (Lipinski definition) is 2. The normalized spacial score (nSPS) is 12.8. The second-order valence-corrected chi connectivity index (χ2v) is 5.76. The Morgan fingerprint density at radius 1 is 1.13 bits per heavy atom. The topological polar surface area (TPSA) is 55.1 Å². The SMILES string of the molecule is CC(C(=O)NCCc1ccccc1Cl)C(N)c1ccccc1.Cl. The second kappa shape index (κ2) is 9.56. The Kier molecular flexibility index (Phi) is 8.10. The summed E-state index contributed by atoms with van der Waals surface area (Å²) in [5.74, 6) is -0.322. The van der Waals surface area contributed by atoms with Crippen LogP contribution >= 0.6 is 24.0 Å². The van der Waals surface area contributed by atoms with E-state index in [1.807, 2.05) is 61.5 Å². The first-order valence-electron chi connectivity index (χ1n) is 7.41. The maximum absolute atomic E-state index is 12.2. The highest BCUT2D eigenvalue weighted by Crippen LogP contribution is 2.19. The lowest BCUT2D eigenvalue weighted by atomic mass is 9.94. The van der Waals surface area contributed by atoms with Gasteiger partial charge in [-0.15, -0.1) is 12.4 Å². The first kappa shape index (κ1) is 19.5. The third kappa shape index (κ3) is 5.54. The van der Waals surface area contributed by atoms with Crippen molar-refractivity contribution >= 4 is 29.9 Å². The zero-order valence-corrected chi connectivity index (χ0v) is 14.6. The Balaban J connectivity index is 0.00000264. The molecule has 1 amide bonds. The van der Waals surface area contributed by atoms with Crippen molar-refractivity contribution in [2.75, 3.05) is 6.54 Å². The standard InChI is InChI=1S/C18H21ClN2O.ClH/c1-13(17(20)15-8-3-2-4-9-15)18(22)21-12-11-14-7-5-6-10-16(14)19;/h2-10,13,17H,11-12,20H2,1H3,(H,21,22);1H. The minimum absolute atomic E-state index is 0. The van der Waals surface area contributed by atoms with Gasteiger partial charge in [0.2, 0.25) is 5.91 Å². The third-order valence-corrected chi connectivity index (χ3v) is 4.16. The number of amides is 1. The van der Waals surface area contributed by atoms with E-state index in [0.29, 0.717) is 13.0 Å². The molecular weight excluding hydrogens is 331 g/mol. The van der Waals surface area contributed by atoms with E-state index in [1.54, 1.807) is 0 Å². The van der Waals surface area contributed by atoms with E-state index in [-0.39, 0.29) is 30.3 Å². The molecule has 2 rings (SSSR count). The van der Waals surface area contributed by atoms with Gasteiger partial charge in [0.15, 0.2) is 0 Å². The molecule has 23 heavy (non-hydrogen) atoms. The molecule has 3 nitrogen and oxygen atoms in total. The van der Waals surface area contributed by atoms with Crippen molar-refractivity contribution in [3.05, 3.63) is 70.7 Å². The third-order valence-electron chi connectivity index (χ3n) is 3.79. The largest absolute Gasteiger partial charge is 0.355 e. The van der Waals surface area contributed by atoms with Gasteiger partial charge in [0, 0.05) is 17.6 Å². The Labute approximate surface area is 148 Å². The van der Waals surface area contributed by atoms with Crippen molar-refractivity contribution in [1.82, 2.24) is 5.32 Å². The van der Waals surface area contributed by atoms with Gasteiger partial charge in [0.05, 0.1) is 5.92 Å². The molecule has 124 valence electrons. The van der Waals surface area contributed by atoms with Gasteiger partial charge in [0.25, 0.3) is 0 Å². The molecule has 2 aromatic rings. The van der Waals surface area contributed by atoms with Crippen molar-refractivity contribution in [3.8, 4) is 0 Å². The predicted molar refractivity (Wildman–Crippen MR) is 97.9 cm³/mol. The van der Waals surface area contributed by atoms with E-state index in [0.717, 1.165) is 16.1 Å². The summed E-state index contributed by atoms with van der Waals surface area (Å²) in [4.78, 5) is 12.2. The number of nitrogens with two attached hydrogens (primary N) is 1. The van der Waals surface area contributed by atoms with Crippen LogP contribution < -0.4 is 11.1 Å². The molecule has 2 aromatic carbocycles. The van der Waals surface area contributed by atoms with Crippen LogP contribution in [-0.2, 0) is 11.2 Å². The molecule has 0 bridgehead atoms. The molecule has 0 aliphatic rings. The molecule has 3 N–H and O–H groups in total. The molecule has 0 aliphatic heterocycles. The fraction of sp³-hybridized carbons (Fsp3) is 0.278. The summed E-state index contributed by atoms with van der Waals surface area (Å²) >= 11 is 6.10. The minimum Gasteiger partial charge on any atom is -0.355 e. The van der Waals surface area contributed by atoms with E-state index in [4.69, 9.17) is 17.3 Å². The highest BCUT2D eigenvalue weighted by Gasteiger charge is 2.21. The maximum Gasteiger partial charge on any atom is 0.224 e. The summed E-state index contributed by atoms with van der Waals surface area (Å²) in [7, 11) is 0. The lowest BCUT2D eigenvalue weighted by molar-refractivity contribution is -0.125. The van der Waals surface area contributed by atoms with Crippen LogP contribution in [-0.4, -0.2) is 12.5 Å². The van der Waals surface area contributed by atoms with E-state index >= 15 is 0 Å². The molecule has 0 aliphatic carbocycles. The Morgan fingerprint density at radius 2 is 1.74 bits per heavy atom. The lowest BCUT2D eigenvalue weighted by Crippen LogP contribution is -2.36. The summed E-state index contributed by atoms with van der Waals surface area (Å²) in [5.41, 5.74) is 8.17. The molecule has 0 saturated carbocycles. The Bertz CT molecular complexity index is 619. The van der Waals surface area contributed by atoms with Gasteiger partial charge in [0.1, 0.15) is 0 Å². The first-order chi connectivity index (χ1) is 10.6. The number of benzene rings is 2. The highest BCUT2D eigenvalue weighted by molar-refractivity contribution is 6.31. The lowest BCUT2D eigenvalue weighted by Gasteiger charge is -2.20. The fourth-order valence-electron chi connectivity index (χ4n) is 2.31. The van der Waals surface area contributed by atoms with Crippen LogP contribution in [0.25, 0.3) is 0 Å². The van der Waals surface area contributed by atoms with Crippen molar-refractivity contribution in [1.29, 1.82) is 0 Å². The number of carbonyl (C=O) groups excluding carboxylic acids is 1. The maximum atomic E-state index is 12.2. The van der Waals surface area contributed by atoms with Gasteiger partial charge < -0.3 is 11.1 Å². The molecule has 0 fully saturated rings. The first-order valence-corrected chi connectivity index (χ1v) is 7.79. The van der Waals surface area contributed by atoms with Crippen LogP contribution in [0.1, 0.15) is 24.1 Å². The van der Waals surface area contributed by atoms with Crippen LogP contribution in [0.5, 0.6) is 0 Å². The average molecular weight is 353 g/mol. The Hall–Kier alpha value is -1.55. The smallest absolute Gasteiger partial charge is 0.224 e. The average Bonchev–Trinajstić information content (AvgIpc) is 2.56. The van der Waals surface area contributed by atoms with Crippen LogP contribution in [0.4, 0.5) is 0 Å². The highest BCUT2D eigenvalue weighted by atomic mass is 35.5. The van der Waals surface area contributed by atoms with Gasteiger partial charge in [-0.2, -0.15) is 0 Å². The number of rotatable bonds is 6. The molecule has 0 spiro atoms. The number of nitrogens with one attached hydrogen (secondary N) is 1. The predicted octanol–water partition coefficient (Wildman–Crippen LogP) is 3.76. The summed E-state index contributed by atoms with van der Waals surface area (Å²) in [6.07, 6.45) is 0.707. The van der Waals surface area contributed by atoms with Crippen molar-refractivity contribution in [3.63, 3.8) is 0 Å². The van der Waals surface area contributed by atoms with E-state index in [9.17, 15) is 4.79 Å². The molecule has 5 heteroatoms. The quantitative estimate of drug-likeness (QED) is 0.831. The van der Waals surface area contributed by atoms with Gasteiger partial charge in [-0.3, -0.25) is 4.79 Å².